The van der Waals surface area contributed by atoms with Crippen LogP contribution in [0.15, 0.2) is 17.1 Å². The maximum atomic E-state index is 13.3. The molecular formula is C16H20F2NO3-. The van der Waals surface area contributed by atoms with E-state index in [1.165, 1.54) is 6.20 Å². The van der Waals surface area contributed by atoms with E-state index in [0.717, 1.165) is 18.4 Å². The van der Waals surface area contributed by atoms with Crippen LogP contribution in [0.1, 0.15) is 62.5 Å². The van der Waals surface area contributed by atoms with Crippen LogP contribution >= 0.6 is 0 Å². The van der Waals surface area contributed by atoms with E-state index in [9.17, 15) is 23.5 Å². The van der Waals surface area contributed by atoms with E-state index >= 15 is 0 Å². The van der Waals surface area contributed by atoms with Gasteiger partial charge in [0.15, 0.2) is 0 Å². The van der Waals surface area contributed by atoms with Crippen molar-refractivity contribution in [1.29, 1.82) is 0 Å². The lowest BCUT2D eigenvalue weighted by molar-refractivity contribution is -0.250. The van der Waals surface area contributed by atoms with Crippen molar-refractivity contribution in [2.75, 3.05) is 0 Å². The van der Waals surface area contributed by atoms with Gasteiger partial charge in [-0.15, -0.1) is 0 Å². The number of carbonyl (C=O) groups is 1. The summed E-state index contributed by atoms with van der Waals surface area (Å²) in [6, 6.07) is 1.58. The first kappa shape index (κ1) is 16.6. The van der Waals surface area contributed by atoms with E-state index in [0.29, 0.717) is 29.4 Å². The molecule has 1 aromatic rings. The largest absolute Gasteiger partial charge is 0.529 e. The third-order valence-electron chi connectivity index (χ3n) is 4.36. The maximum absolute atomic E-state index is 13.3. The van der Waals surface area contributed by atoms with Crippen LogP contribution in [0, 0.1) is 0 Å². The van der Waals surface area contributed by atoms with Gasteiger partial charge in [0, 0.05) is 24.6 Å². The first-order valence-corrected chi connectivity index (χ1v) is 7.69. The van der Waals surface area contributed by atoms with Gasteiger partial charge < -0.3 is 9.90 Å². The van der Waals surface area contributed by atoms with Crippen LogP contribution in [0.3, 0.4) is 0 Å². The number of unbranched alkanes of at least 4 members (excludes halogenated alkanes) is 1. The molecule has 2 rings (SSSR count). The molecule has 0 atom stereocenters. The predicted molar refractivity (Wildman–Crippen MR) is 76.3 cm³/mol. The Kier molecular flexibility index (Phi) is 4.98. The molecule has 0 spiro atoms. The zero-order chi connectivity index (χ0) is 16.3. The molecule has 1 saturated carbocycles. The molecule has 1 aliphatic carbocycles. The molecule has 0 aromatic carbocycles. The van der Waals surface area contributed by atoms with E-state index in [4.69, 9.17) is 0 Å². The van der Waals surface area contributed by atoms with Gasteiger partial charge >= 0.3 is 0 Å². The Morgan fingerprint density at radius 2 is 2.05 bits per heavy atom. The lowest BCUT2D eigenvalue weighted by atomic mass is 9.80. The van der Waals surface area contributed by atoms with Crippen molar-refractivity contribution in [3.63, 3.8) is 0 Å². The molecule has 0 N–H and O–H groups in total. The van der Waals surface area contributed by atoms with Crippen molar-refractivity contribution >= 4 is 6.09 Å². The van der Waals surface area contributed by atoms with Crippen LogP contribution < -0.4 is 10.7 Å². The molecule has 0 bridgehead atoms. The van der Waals surface area contributed by atoms with Gasteiger partial charge in [0.1, 0.15) is 6.09 Å². The van der Waals surface area contributed by atoms with Crippen LogP contribution in [-0.4, -0.2) is 16.6 Å². The van der Waals surface area contributed by atoms with E-state index in [2.05, 4.69) is 0 Å². The second-order valence-corrected chi connectivity index (χ2v) is 5.92. The number of alkyl halides is 2. The number of carboxylic acid groups (broad SMARTS) is 1. The molecule has 0 amide bonds. The van der Waals surface area contributed by atoms with Gasteiger partial charge in [0.25, 0.3) is 5.56 Å². The fourth-order valence-corrected chi connectivity index (χ4v) is 3.07. The third kappa shape index (κ3) is 3.54. The number of nitrogens with zero attached hydrogens (tertiary/aromatic N) is 1. The first-order valence-electron chi connectivity index (χ1n) is 7.69. The van der Waals surface area contributed by atoms with Crippen molar-refractivity contribution in [1.82, 2.24) is 4.57 Å². The molecule has 6 heteroatoms. The number of pyridine rings is 1. The molecule has 1 fully saturated rings. The number of aromatic nitrogens is 1. The van der Waals surface area contributed by atoms with Crippen LogP contribution in [0.25, 0.3) is 0 Å². The molecule has 0 aliphatic heterocycles. The third-order valence-corrected chi connectivity index (χ3v) is 4.36. The summed E-state index contributed by atoms with van der Waals surface area (Å²) >= 11 is 0. The summed E-state index contributed by atoms with van der Waals surface area (Å²) in [4.78, 5) is 23.3. The Labute approximate surface area is 127 Å². The molecule has 0 unspecified atom stereocenters. The second-order valence-electron chi connectivity index (χ2n) is 5.92. The summed E-state index contributed by atoms with van der Waals surface area (Å²) in [6.45, 7) is 1.97. The molecule has 22 heavy (non-hydrogen) atoms. The molecule has 1 aromatic heterocycles. The number of rotatable bonds is 4. The lowest BCUT2D eigenvalue weighted by Gasteiger charge is -2.29. The molecule has 0 radical (unpaired) electrons. The molecule has 0 saturated heterocycles. The monoisotopic (exact) mass is 312 g/mol. The van der Waals surface area contributed by atoms with E-state index in [1.54, 1.807) is 6.07 Å². The minimum atomic E-state index is -2.62. The lowest BCUT2D eigenvalue weighted by Crippen LogP contribution is -2.39. The Bertz CT molecular complexity index is 600. The summed E-state index contributed by atoms with van der Waals surface area (Å²) in [5.41, 5.74) is 0.568. The topological polar surface area (TPSA) is 62.1 Å². The Morgan fingerprint density at radius 3 is 2.59 bits per heavy atom. The fourth-order valence-electron chi connectivity index (χ4n) is 3.07. The minimum Gasteiger partial charge on any atom is -0.529 e. The highest BCUT2D eigenvalue weighted by molar-refractivity contribution is 5.65. The van der Waals surface area contributed by atoms with Crippen molar-refractivity contribution in [3.8, 4) is 0 Å². The highest BCUT2D eigenvalue weighted by Crippen LogP contribution is 2.41. The van der Waals surface area contributed by atoms with E-state index in [1.807, 2.05) is 6.92 Å². The average molecular weight is 312 g/mol. The molecule has 1 heterocycles. The molecular weight excluding hydrogens is 292 g/mol. The Hall–Kier alpha value is -1.72. The zero-order valence-electron chi connectivity index (χ0n) is 12.6. The number of hydrogen-bond donors (Lipinski definition) is 0. The smallest absolute Gasteiger partial charge is 0.259 e. The summed E-state index contributed by atoms with van der Waals surface area (Å²) in [6.07, 6.45) is 1.96. The van der Waals surface area contributed by atoms with Gasteiger partial charge in [-0.2, -0.15) is 0 Å². The summed E-state index contributed by atoms with van der Waals surface area (Å²) < 4.78 is 27.1. The van der Waals surface area contributed by atoms with Gasteiger partial charge in [0.05, 0.1) is 0 Å². The van der Waals surface area contributed by atoms with Crippen LogP contribution in [0.2, 0.25) is 0 Å². The first-order chi connectivity index (χ1) is 10.4. The molecule has 4 nitrogen and oxygen atoms in total. The maximum Gasteiger partial charge on any atom is 0.259 e. The number of hydrogen-bond acceptors (Lipinski definition) is 3. The normalized spacial score (nSPS) is 18.3. The van der Waals surface area contributed by atoms with Gasteiger partial charge in [-0.05, 0) is 43.2 Å². The quantitative estimate of drug-likeness (QED) is 0.858. The van der Waals surface area contributed by atoms with E-state index in [-0.39, 0.29) is 18.8 Å². The van der Waals surface area contributed by atoms with Crippen molar-refractivity contribution in [3.05, 3.63) is 33.7 Å². The number of carbonyl (C=O) groups excluding carboxylic acids is 1. The van der Waals surface area contributed by atoms with Crippen molar-refractivity contribution in [2.24, 2.45) is 0 Å². The van der Waals surface area contributed by atoms with Crippen molar-refractivity contribution < 1.29 is 18.7 Å². The van der Waals surface area contributed by atoms with Crippen LogP contribution in [0.5, 0.6) is 0 Å². The predicted octanol–water partition coefficient (Wildman–Crippen LogP) is 2.68. The Morgan fingerprint density at radius 1 is 1.41 bits per heavy atom. The zero-order valence-corrected chi connectivity index (χ0v) is 12.6. The number of halogens is 2. The summed E-state index contributed by atoms with van der Waals surface area (Å²) in [7, 11) is 0. The molecule has 122 valence electrons. The van der Waals surface area contributed by atoms with Gasteiger partial charge in [-0.3, -0.25) is 9.36 Å². The summed E-state index contributed by atoms with van der Waals surface area (Å²) in [5.74, 6) is -2.73. The molecule has 1 aliphatic rings. The standard InChI is InChI=1S/C16H21F2NO3/c1-2-3-4-13-12(7-10-19(14(13)20)15(21)22)11-5-8-16(17,18)9-6-11/h7,10-11H,2-6,8-9H2,1H3,(H,21,22)/p-1. The van der Waals surface area contributed by atoms with Gasteiger partial charge in [-0.1, -0.05) is 13.3 Å². The average Bonchev–Trinajstić information content (AvgIpc) is 2.45. The SMILES string of the molecule is CCCCc1c(C2CCC(F)(F)CC2)ccn(C(=O)[O-])c1=O. The van der Waals surface area contributed by atoms with Crippen LogP contribution in [-0.2, 0) is 6.42 Å². The van der Waals surface area contributed by atoms with E-state index < -0.39 is 17.6 Å². The van der Waals surface area contributed by atoms with Crippen LogP contribution in [0.4, 0.5) is 13.6 Å². The Balaban J connectivity index is 2.36. The second kappa shape index (κ2) is 6.58. The van der Waals surface area contributed by atoms with Gasteiger partial charge in [-0.25, -0.2) is 8.78 Å². The summed E-state index contributed by atoms with van der Waals surface area (Å²) in [5, 5.41) is 11.0. The highest BCUT2D eigenvalue weighted by atomic mass is 19.3. The van der Waals surface area contributed by atoms with Gasteiger partial charge in [0.2, 0.25) is 5.92 Å². The minimum absolute atomic E-state index is 0.101. The highest BCUT2D eigenvalue weighted by Gasteiger charge is 2.36. The van der Waals surface area contributed by atoms with Crippen molar-refractivity contribution in [2.45, 2.75) is 63.7 Å². The fraction of sp³-hybridized carbons (Fsp3) is 0.625.